The minimum atomic E-state index is -3.47. The lowest BCUT2D eigenvalue weighted by atomic mass is 10.1. The van der Waals surface area contributed by atoms with Gasteiger partial charge in [-0.3, -0.25) is 4.79 Å². The van der Waals surface area contributed by atoms with E-state index in [1.54, 1.807) is 30.3 Å². The molecule has 4 rings (SSSR count). The van der Waals surface area contributed by atoms with Gasteiger partial charge in [0.25, 0.3) is 10.0 Å². The topological polar surface area (TPSA) is 96.7 Å². The van der Waals surface area contributed by atoms with E-state index >= 15 is 0 Å². The summed E-state index contributed by atoms with van der Waals surface area (Å²) in [5.74, 6) is -0.272. The first-order valence-electron chi connectivity index (χ1n) is 9.26. The molecule has 152 valence electrons. The number of carbonyl (C=O) groups excluding carboxylic acids is 1. The van der Waals surface area contributed by atoms with Crippen LogP contribution in [0.5, 0.6) is 0 Å². The predicted molar refractivity (Wildman–Crippen MR) is 112 cm³/mol. The van der Waals surface area contributed by atoms with E-state index in [2.05, 4.69) is 5.32 Å². The maximum Gasteiger partial charge on any atom is 0.336 e. The first-order chi connectivity index (χ1) is 13.8. The number of nitrogens with zero attached hydrogens (tertiary/aromatic N) is 1. The van der Waals surface area contributed by atoms with Crippen molar-refractivity contribution in [3.05, 3.63) is 57.3 Å². The van der Waals surface area contributed by atoms with E-state index in [0.29, 0.717) is 29.2 Å². The van der Waals surface area contributed by atoms with Gasteiger partial charge in [-0.25, -0.2) is 13.2 Å². The van der Waals surface area contributed by atoms with Gasteiger partial charge >= 0.3 is 5.63 Å². The second-order valence-electron chi connectivity index (χ2n) is 7.02. The molecular weight excluding hydrogens is 412 g/mol. The molecule has 0 spiro atoms. The molecule has 1 aliphatic rings. The third-order valence-corrected chi connectivity index (χ3v) is 8.32. The number of thiophene rings is 1. The number of rotatable bonds is 5. The minimum absolute atomic E-state index is 0.0655. The molecule has 1 N–H and O–H groups in total. The minimum Gasteiger partial charge on any atom is -0.423 e. The van der Waals surface area contributed by atoms with Crippen LogP contribution in [0.1, 0.15) is 23.3 Å². The highest BCUT2D eigenvalue weighted by Crippen LogP contribution is 2.28. The lowest BCUT2D eigenvalue weighted by molar-refractivity contribution is -0.115. The van der Waals surface area contributed by atoms with Crippen molar-refractivity contribution in [3.8, 4) is 0 Å². The molecule has 0 bridgehead atoms. The highest BCUT2D eigenvalue weighted by atomic mass is 32.2. The largest absolute Gasteiger partial charge is 0.423 e. The van der Waals surface area contributed by atoms with E-state index in [9.17, 15) is 18.0 Å². The number of hydrogen-bond donors (Lipinski definition) is 1. The van der Waals surface area contributed by atoms with Gasteiger partial charge in [0.1, 0.15) is 9.79 Å². The molecule has 3 aromatic rings. The van der Waals surface area contributed by atoms with Crippen LogP contribution < -0.4 is 10.9 Å². The van der Waals surface area contributed by atoms with Gasteiger partial charge < -0.3 is 9.73 Å². The van der Waals surface area contributed by atoms with Crippen molar-refractivity contribution in [1.82, 2.24) is 4.31 Å². The Balaban J connectivity index is 1.47. The molecule has 2 aromatic heterocycles. The molecule has 0 aliphatic carbocycles. The number of fused-ring (bicyclic) bond motifs is 1. The summed E-state index contributed by atoms with van der Waals surface area (Å²) < 4.78 is 32.2. The summed E-state index contributed by atoms with van der Waals surface area (Å²) in [6.45, 7) is 2.92. The molecule has 1 saturated heterocycles. The van der Waals surface area contributed by atoms with Crippen LogP contribution in [0.2, 0.25) is 0 Å². The number of amides is 1. The van der Waals surface area contributed by atoms with Crippen LogP contribution in [0.3, 0.4) is 0 Å². The zero-order valence-corrected chi connectivity index (χ0v) is 17.4. The second kappa shape index (κ2) is 7.74. The molecule has 1 fully saturated rings. The standard InChI is InChI=1S/C20H20N2O5S2/c1-13-10-19(24)27-17-11-14(4-6-16(13)17)21-18(23)12-15-5-7-20(28-15)29(25,26)22-8-2-3-9-22/h4-7,10-11H,2-3,8-9,12H2,1H3,(H,21,23). The Kier molecular flexibility index (Phi) is 5.28. The molecule has 1 aliphatic heterocycles. The van der Waals surface area contributed by atoms with E-state index in [1.807, 2.05) is 6.92 Å². The number of benzene rings is 1. The van der Waals surface area contributed by atoms with Crippen LogP contribution in [0.25, 0.3) is 11.0 Å². The zero-order valence-electron chi connectivity index (χ0n) is 15.8. The number of anilines is 1. The van der Waals surface area contributed by atoms with Crippen molar-refractivity contribution in [2.45, 2.75) is 30.4 Å². The number of carbonyl (C=O) groups is 1. The Bertz CT molecular complexity index is 1240. The van der Waals surface area contributed by atoms with E-state index in [1.165, 1.54) is 10.4 Å². The number of hydrogen-bond acceptors (Lipinski definition) is 6. The van der Waals surface area contributed by atoms with Crippen LogP contribution in [-0.2, 0) is 21.2 Å². The first kappa shape index (κ1) is 19.8. The van der Waals surface area contributed by atoms with Crippen molar-refractivity contribution in [1.29, 1.82) is 0 Å². The Morgan fingerprint density at radius 2 is 1.93 bits per heavy atom. The van der Waals surface area contributed by atoms with Gasteiger partial charge in [0.15, 0.2) is 0 Å². The van der Waals surface area contributed by atoms with Crippen LogP contribution in [-0.4, -0.2) is 31.7 Å². The van der Waals surface area contributed by atoms with Crippen molar-refractivity contribution in [2.75, 3.05) is 18.4 Å². The van der Waals surface area contributed by atoms with Crippen molar-refractivity contribution in [2.24, 2.45) is 0 Å². The lowest BCUT2D eigenvalue weighted by Crippen LogP contribution is -2.27. The summed E-state index contributed by atoms with van der Waals surface area (Å²) in [4.78, 5) is 24.6. The van der Waals surface area contributed by atoms with E-state index in [0.717, 1.165) is 35.1 Å². The Labute approximate surface area is 172 Å². The maximum absolute atomic E-state index is 12.6. The molecule has 1 aromatic carbocycles. The van der Waals surface area contributed by atoms with Gasteiger partial charge in [-0.05, 0) is 49.6 Å². The smallest absolute Gasteiger partial charge is 0.336 e. The summed E-state index contributed by atoms with van der Waals surface area (Å²) >= 11 is 1.12. The van der Waals surface area contributed by atoms with Gasteiger partial charge in [-0.2, -0.15) is 4.31 Å². The van der Waals surface area contributed by atoms with Crippen LogP contribution >= 0.6 is 11.3 Å². The molecule has 0 radical (unpaired) electrons. The van der Waals surface area contributed by atoms with Gasteiger partial charge in [0, 0.05) is 41.2 Å². The number of aryl methyl sites for hydroxylation is 1. The SMILES string of the molecule is Cc1cc(=O)oc2cc(NC(=O)Cc3ccc(S(=O)(=O)N4CCCC4)s3)ccc12. The lowest BCUT2D eigenvalue weighted by Gasteiger charge is -2.13. The summed E-state index contributed by atoms with van der Waals surface area (Å²) in [6.07, 6.45) is 1.83. The fraction of sp³-hybridized carbons (Fsp3) is 0.300. The summed E-state index contributed by atoms with van der Waals surface area (Å²) in [6, 6.07) is 9.80. The molecule has 7 nitrogen and oxygen atoms in total. The summed E-state index contributed by atoms with van der Waals surface area (Å²) in [5.41, 5.74) is 1.28. The fourth-order valence-electron chi connectivity index (χ4n) is 3.41. The highest BCUT2D eigenvalue weighted by molar-refractivity contribution is 7.91. The van der Waals surface area contributed by atoms with Crippen molar-refractivity contribution in [3.63, 3.8) is 0 Å². The summed E-state index contributed by atoms with van der Waals surface area (Å²) in [7, 11) is -3.47. The molecule has 0 atom stereocenters. The second-order valence-corrected chi connectivity index (χ2v) is 10.3. The Morgan fingerprint density at radius 1 is 1.17 bits per heavy atom. The highest BCUT2D eigenvalue weighted by Gasteiger charge is 2.28. The Hall–Kier alpha value is -2.49. The van der Waals surface area contributed by atoms with Crippen LogP contribution in [0.15, 0.2) is 49.8 Å². The zero-order chi connectivity index (χ0) is 20.6. The van der Waals surface area contributed by atoms with E-state index < -0.39 is 15.6 Å². The van der Waals surface area contributed by atoms with Gasteiger partial charge in [-0.15, -0.1) is 11.3 Å². The number of nitrogens with one attached hydrogen (secondary N) is 1. The third kappa shape index (κ3) is 4.12. The molecule has 0 unspecified atom stereocenters. The number of sulfonamides is 1. The average Bonchev–Trinajstić information content (AvgIpc) is 3.33. The van der Waals surface area contributed by atoms with Crippen LogP contribution in [0, 0.1) is 6.92 Å². The molecule has 3 heterocycles. The third-order valence-electron chi connectivity index (χ3n) is 4.87. The van der Waals surface area contributed by atoms with Gasteiger partial charge in [0.2, 0.25) is 5.91 Å². The van der Waals surface area contributed by atoms with Crippen molar-refractivity contribution >= 4 is 43.9 Å². The molecule has 1 amide bonds. The van der Waals surface area contributed by atoms with E-state index in [4.69, 9.17) is 4.42 Å². The summed E-state index contributed by atoms with van der Waals surface area (Å²) in [5, 5.41) is 3.57. The van der Waals surface area contributed by atoms with Gasteiger partial charge in [-0.1, -0.05) is 0 Å². The van der Waals surface area contributed by atoms with Crippen LogP contribution in [0.4, 0.5) is 5.69 Å². The molecule has 0 saturated carbocycles. The normalized spacial score (nSPS) is 15.1. The fourth-order valence-corrected chi connectivity index (χ4v) is 6.44. The average molecular weight is 433 g/mol. The molecule has 29 heavy (non-hydrogen) atoms. The molecular formula is C20H20N2O5S2. The quantitative estimate of drug-likeness (QED) is 0.625. The molecule has 9 heteroatoms. The van der Waals surface area contributed by atoms with Crippen molar-refractivity contribution < 1.29 is 17.6 Å². The predicted octanol–water partition coefficient (Wildman–Crippen LogP) is 3.13. The monoisotopic (exact) mass is 432 g/mol. The van der Waals surface area contributed by atoms with E-state index in [-0.39, 0.29) is 16.5 Å². The Morgan fingerprint density at radius 3 is 2.69 bits per heavy atom. The maximum atomic E-state index is 12.6. The first-order valence-corrected chi connectivity index (χ1v) is 11.5. The van der Waals surface area contributed by atoms with Gasteiger partial charge in [0.05, 0.1) is 6.42 Å².